The minimum atomic E-state index is -1.15. The van der Waals surface area contributed by atoms with Crippen LogP contribution in [0, 0.1) is 5.82 Å². The van der Waals surface area contributed by atoms with Crippen molar-refractivity contribution in [1.82, 2.24) is 14.9 Å². The smallest absolute Gasteiger partial charge is 0.404 e. The van der Waals surface area contributed by atoms with E-state index in [1.807, 2.05) is 0 Å². The number of halogens is 1. The molecule has 8 nitrogen and oxygen atoms in total. The summed E-state index contributed by atoms with van der Waals surface area (Å²) >= 11 is 0. The second-order valence-electron chi connectivity index (χ2n) is 5.87. The quantitative estimate of drug-likeness (QED) is 0.538. The molecule has 0 saturated heterocycles. The number of rotatable bonds is 3. The van der Waals surface area contributed by atoms with E-state index in [4.69, 9.17) is 9.94 Å². The lowest BCUT2D eigenvalue weighted by atomic mass is 10.1. The molecule has 0 fully saturated rings. The van der Waals surface area contributed by atoms with Gasteiger partial charge in [-0.2, -0.15) is 0 Å². The van der Waals surface area contributed by atoms with Gasteiger partial charge < -0.3 is 15.3 Å². The van der Waals surface area contributed by atoms with Crippen LogP contribution in [-0.2, 0) is 11.4 Å². The van der Waals surface area contributed by atoms with Crippen molar-refractivity contribution >= 4 is 22.7 Å². The lowest BCUT2D eigenvalue weighted by Gasteiger charge is -2.08. The summed E-state index contributed by atoms with van der Waals surface area (Å²) in [6.45, 7) is 0.0792. The molecule has 136 valence electrons. The van der Waals surface area contributed by atoms with E-state index in [0.29, 0.717) is 27.7 Å². The number of hydrogen-bond acceptors (Lipinski definition) is 5. The average Bonchev–Trinajstić information content (AvgIpc) is 2.93. The van der Waals surface area contributed by atoms with Gasteiger partial charge in [-0.15, -0.1) is 0 Å². The van der Waals surface area contributed by atoms with Gasteiger partial charge in [0.25, 0.3) is 5.56 Å². The van der Waals surface area contributed by atoms with Crippen LogP contribution in [0.1, 0.15) is 17.0 Å². The van der Waals surface area contributed by atoms with E-state index in [2.05, 4.69) is 15.5 Å². The number of fused-ring (bicyclic) bond motifs is 4. The van der Waals surface area contributed by atoms with Gasteiger partial charge >= 0.3 is 6.09 Å². The van der Waals surface area contributed by atoms with Crippen molar-refractivity contribution in [3.8, 4) is 5.69 Å². The molecule has 2 N–H and O–H groups in total. The molecule has 0 radical (unpaired) electrons. The van der Waals surface area contributed by atoms with Crippen LogP contribution in [0.4, 0.5) is 9.18 Å². The van der Waals surface area contributed by atoms with Gasteiger partial charge in [-0.05, 0) is 35.9 Å². The van der Waals surface area contributed by atoms with Crippen molar-refractivity contribution in [1.29, 1.82) is 0 Å². The molecular formula is C18H13FN4O4. The van der Waals surface area contributed by atoms with Crippen molar-refractivity contribution in [3.63, 3.8) is 0 Å². The fourth-order valence-corrected chi connectivity index (χ4v) is 3.10. The maximum Gasteiger partial charge on any atom is 0.404 e. The summed E-state index contributed by atoms with van der Waals surface area (Å²) in [6, 6.07) is 8.89. The van der Waals surface area contributed by atoms with Gasteiger partial charge in [0.05, 0.1) is 16.6 Å². The molecule has 1 aromatic heterocycles. The fourth-order valence-electron chi connectivity index (χ4n) is 3.10. The van der Waals surface area contributed by atoms with Gasteiger partial charge in [-0.1, -0.05) is 11.2 Å². The predicted octanol–water partition coefficient (Wildman–Crippen LogP) is 2.00. The fraction of sp³-hybridized carbons (Fsp3) is 0.111. The number of carbonyl (C=O) groups is 1. The number of benzene rings is 2. The van der Waals surface area contributed by atoms with Crippen LogP contribution in [0.15, 0.2) is 46.3 Å². The maximum atomic E-state index is 13.7. The number of aromatic nitrogens is 2. The number of nitrogens with one attached hydrogen (secondary N) is 1. The monoisotopic (exact) mass is 368 g/mol. The highest BCUT2D eigenvalue weighted by Crippen LogP contribution is 2.28. The van der Waals surface area contributed by atoms with Crippen molar-refractivity contribution in [2.75, 3.05) is 7.11 Å². The summed E-state index contributed by atoms with van der Waals surface area (Å²) in [6.07, 6.45) is -1.15. The minimum Gasteiger partial charge on any atom is -0.465 e. The Morgan fingerprint density at radius 1 is 1.33 bits per heavy atom. The van der Waals surface area contributed by atoms with Crippen molar-refractivity contribution in [2.45, 2.75) is 6.54 Å². The third-order valence-electron chi connectivity index (χ3n) is 4.23. The van der Waals surface area contributed by atoms with Gasteiger partial charge in [-0.25, -0.2) is 14.2 Å². The molecule has 9 heteroatoms. The number of hydrogen-bond donors (Lipinski definition) is 2. The van der Waals surface area contributed by atoms with E-state index in [9.17, 15) is 14.0 Å². The van der Waals surface area contributed by atoms with Crippen LogP contribution in [-0.4, -0.2) is 33.6 Å². The minimum absolute atomic E-state index is 0.0792. The molecule has 1 aliphatic rings. The topological polar surface area (TPSA) is 106 Å². The van der Waals surface area contributed by atoms with Gasteiger partial charge in [-0.3, -0.25) is 9.36 Å². The predicted molar refractivity (Wildman–Crippen MR) is 94.8 cm³/mol. The molecule has 0 aliphatic carbocycles. The van der Waals surface area contributed by atoms with Crippen molar-refractivity contribution in [2.24, 2.45) is 5.16 Å². The van der Waals surface area contributed by atoms with E-state index < -0.39 is 11.9 Å². The Morgan fingerprint density at radius 2 is 2.15 bits per heavy atom. The molecule has 0 atom stereocenters. The highest BCUT2D eigenvalue weighted by molar-refractivity contribution is 6.16. The lowest BCUT2D eigenvalue weighted by Crippen LogP contribution is -2.22. The molecule has 27 heavy (non-hydrogen) atoms. The first kappa shape index (κ1) is 16.7. The summed E-state index contributed by atoms with van der Waals surface area (Å²) < 4.78 is 15.1. The standard InChI is InChI=1S/C18H13FN4O4/c1-27-22-15-12-7-10(19)3-5-14(12)23-16(15)21-13-6-9(8-20-18(25)26)2-4-11(13)17(23)24/h2-7,20H,8H2,1H3,(H,25,26)/b22-15-. The Balaban J connectivity index is 1.95. The Hall–Kier alpha value is -3.75. The van der Waals surface area contributed by atoms with E-state index in [1.54, 1.807) is 18.2 Å². The van der Waals surface area contributed by atoms with Gasteiger partial charge in [0.15, 0.2) is 11.5 Å². The molecule has 4 rings (SSSR count). The first-order valence-electron chi connectivity index (χ1n) is 7.94. The zero-order valence-corrected chi connectivity index (χ0v) is 14.1. The largest absolute Gasteiger partial charge is 0.465 e. The third kappa shape index (κ3) is 2.69. The second-order valence-corrected chi connectivity index (χ2v) is 5.87. The highest BCUT2D eigenvalue weighted by Gasteiger charge is 2.29. The Morgan fingerprint density at radius 3 is 2.89 bits per heavy atom. The average molecular weight is 368 g/mol. The first-order valence-corrected chi connectivity index (χ1v) is 7.94. The van der Waals surface area contributed by atoms with Crippen molar-refractivity contribution in [3.05, 3.63) is 69.5 Å². The zero-order chi connectivity index (χ0) is 19.1. The SMILES string of the molecule is CO/N=C1/c2cc(F)ccc2-n2c1nc1cc(CNC(=O)O)ccc1c2=O. The van der Waals surface area contributed by atoms with Crippen LogP contribution >= 0.6 is 0 Å². The van der Waals surface area contributed by atoms with Crippen LogP contribution in [0.5, 0.6) is 0 Å². The third-order valence-corrected chi connectivity index (χ3v) is 4.23. The van der Waals surface area contributed by atoms with Crippen LogP contribution in [0.3, 0.4) is 0 Å². The first-order chi connectivity index (χ1) is 13.0. The molecule has 1 aliphatic heterocycles. The van der Waals surface area contributed by atoms with Crippen molar-refractivity contribution < 1.29 is 19.1 Å². The zero-order valence-electron chi connectivity index (χ0n) is 14.1. The second kappa shape index (κ2) is 6.20. The lowest BCUT2D eigenvalue weighted by molar-refractivity contribution is 0.194. The summed E-state index contributed by atoms with van der Waals surface area (Å²) in [4.78, 5) is 33.0. The number of amides is 1. The Kier molecular flexibility index (Phi) is 3.84. The summed E-state index contributed by atoms with van der Waals surface area (Å²) in [7, 11) is 1.35. The normalized spacial score (nSPS) is 13.5. The van der Waals surface area contributed by atoms with E-state index in [-0.39, 0.29) is 23.6 Å². The molecular weight excluding hydrogens is 355 g/mol. The summed E-state index contributed by atoms with van der Waals surface area (Å²) in [5.41, 5.74) is 1.83. The van der Waals surface area contributed by atoms with Gasteiger partial charge in [0, 0.05) is 12.1 Å². The van der Waals surface area contributed by atoms with Crippen LogP contribution in [0.2, 0.25) is 0 Å². The van der Waals surface area contributed by atoms with E-state index in [0.717, 1.165) is 0 Å². The number of nitrogens with zero attached hydrogens (tertiary/aromatic N) is 3. The summed E-state index contributed by atoms with van der Waals surface area (Å²) in [5.74, 6) is -0.233. The molecule has 0 spiro atoms. The maximum absolute atomic E-state index is 13.7. The highest BCUT2D eigenvalue weighted by atomic mass is 19.1. The molecule has 0 bridgehead atoms. The Bertz CT molecular complexity index is 1190. The molecule has 1 amide bonds. The number of carboxylic acid groups (broad SMARTS) is 1. The Labute approximate surface area is 151 Å². The molecule has 0 unspecified atom stereocenters. The number of oxime groups is 1. The molecule has 3 aromatic rings. The molecule has 2 aromatic carbocycles. The van der Waals surface area contributed by atoms with Gasteiger partial charge in [0.2, 0.25) is 0 Å². The summed E-state index contributed by atoms with van der Waals surface area (Å²) in [5, 5.41) is 15.3. The van der Waals surface area contributed by atoms with Crippen LogP contribution < -0.4 is 10.9 Å². The molecule has 0 saturated carbocycles. The van der Waals surface area contributed by atoms with Crippen LogP contribution in [0.25, 0.3) is 16.6 Å². The van der Waals surface area contributed by atoms with E-state index in [1.165, 1.54) is 29.9 Å². The molecule has 2 heterocycles. The van der Waals surface area contributed by atoms with E-state index >= 15 is 0 Å². The van der Waals surface area contributed by atoms with Gasteiger partial charge in [0.1, 0.15) is 12.9 Å².